The van der Waals surface area contributed by atoms with E-state index in [2.05, 4.69) is 5.32 Å². The number of nitrogens with one attached hydrogen (secondary N) is 1. The van der Waals surface area contributed by atoms with Crippen molar-refractivity contribution in [2.75, 3.05) is 45.2 Å². The summed E-state index contributed by atoms with van der Waals surface area (Å²) in [5.74, 6) is -0.454. The van der Waals surface area contributed by atoms with Gasteiger partial charge in [-0.3, -0.25) is 14.5 Å². The van der Waals surface area contributed by atoms with E-state index < -0.39 is 16.1 Å². The molecule has 3 rings (SSSR count). The van der Waals surface area contributed by atoms with Crippen molar-refractivity contribution in [1.82, 2.24) is 14.5 Å². The third-order valence-electron chi connectivity index (χ3n) is 5.74. The number of anilines is 1. The minimum atomic E-state index is -3.58. The summed E-state index contributed by atoms with van der Waals surface area (Å²) in [4.78, 5) is 28.7. The summed E-state index contributed by atoms with van der Waals surface area (Å²) in [6, 6.07) is 4.20. The van der Waals surface area contributed by atoms with E-state index in [0.29, 0.717) is 43.9 Å². The number of carbonyl (C=O) groups excluding carboxylic acids is 2. The van der Waals surface area contributed by atoms with Crippen LogP contribution in [0.2, 0.25) is 0 Å². The third kappa shape index (κ3) is 4.84. The van der Waals surface area contributed by atoms with Crippen molar-refractivity contribution in [3.05, 3.63) is 23.8 Å². The third-order valence-corrected chi connectivity index (χ3v) is 7.63. The van der Waals surface area contributed by atoms with Crippen molar-refractivity contribution in [3.8, 4) is 0 Å². The summed E-state index contributed by atoms with van der Waals surface area (Å²) in [6.07, 6.45) is 4.16. The molecule has 2 heterocycles. The number of hydrogen-bond acceptors (Lipinski definition) is 5. The Balaban J connectivity index is 1.83. The van der Waals surface area contributed by atoms with Gasteiger partial charge in [0.1, 0.15) is 6.04 Å². The molecular formula is C21H32N4O4S. The Morgan fingerprint density at radius 2 is 1.80 bits per heavy atom. The molecule has 0 spiro atoms. The predicted molar refractivity (Wildman–Crippen MR) is 116 cm³/mol. The van der Waals surface area contributed by atoms with Gasteiger partial charge in [0.05, 0.1) is 4.90 Å². The van der Waals surface area contributed by atoms with Crippen LogP contribution in [0.1, 0.15) is 38.2 Å². The van der Waals surface area contributed by atoms with Crippen LogP contribution in [0.3, 0.4) is 0 Å². The molecule has 0 bridgehead atoms. The van der Waals surface area contributed by atoms with Crippen LogP contribution in [0.25, 0.3) is 0 Å². The van der Waals surface area contributed by atoms with Crippen molar-refractivity contribution in [2.24, 2.45) is 0 Å². The Bertz CT molecular complexity index is 892. The number of rotatable bonds is 6. The maximum atomic E-state index is 13.1. The van der Waals surface area contributed by atoms with Crippen LogP contribution in [0.5, 0.6) is 0 Å². The van der Waals surface area contributed by atoms with Gasteiger partial charge in [-0.15, -0.1) is 0 Å². The predicted octanol–water partition coefficient (Wildman–Crippen LogP) is 1.21. The molecule has 1 saturated heterocycles. The van der Waals surface area contributed by atoms with Crippen molar-refractivity contribution in [3.63, 3.8) is 0 Å². The van der Waals surface area contributed by atoms with Crippen LogP contribution in [0, 0.1) is 0 Å². The average molecular weight is 437 g/mol. The standard InChI is InChI=1S/C21H32N4O4S/c1-16(26)25-19-9-8-18(30(28,29)24-11-6-4-5-7-12-24)14-17(19)15-20(25)21(27)22-10-13-23(2)3/h8-9,14,20H,4-7,10-13,15H2,1-3H3,(H,22,27). The van der Waals surface area contributed by atoms with Gasteiger partial charge in [-0.2, -0.15) is 4.31 Å². The molecule has 1 aromatic rings. The molecule has 0 radical (unpaired) electrons. The zero-order valence-corrected chi connectivity index (χ0v) is 18.9. The van der Waals surface area contributed by atoms with E-state index in [1.54, 1.807) is 22.5 Å². The second-order valence-electron chi connectivity index (χ2n) is 8.31. The summed E-state index contributed by atoms with van der Waals surface area (Å²) >= 11 is 0. The van der Waals surface area contributed by atoms with Crippen LogP contribution >= 0.6 is 0 Å². The van der Waals surface area contributed by atoms with Gasteiger partial charge in [0.2, 0.25) is 21.8 Å². The molecule has 1 N–H and O–H groups in total. The Morgan fingerprint density at radius 3 is 2.40 bits per heavy atom. The molecular weight excluding hydrogens is 404 g/mol. The van der Waals surface area contributed by atoms with Crippen molar-refractivity contribution >= 4 is 27.5 Å². The quantitative estimate of drug-likeness (QED) is 0.724. The van der Waals surface area contributed by atoms with Crippen molar-refractivity contribution in [2.45, 2.75) is 50.0 Å². The van der Waals surface area contributed by atoms with Crippen molar-refractivity contribution in [1.29, 1.82) is 0 Å². The van der Waals surface area contributed by atoms with Gasteiger partial charge in [-0.25, -0.2) is 8.42 Å². The first-order chi connectivity index (χ1) is 14.2. The molecule has 0 saturated carbocycles. The molecule has 30 heavy (non-hydrogen) atoms. The largest absolute Gasteiger partial charge is 0.353 e. The SMILES string of the molecule is CC(=O)N1c2ccc(S(=O)(=O)N3CCCCCC3)cc2CC1C(=O)NCCN(C)C. The van der Waals surface area contributed by atoms with E-state index in [-0.39, 0.29) is 16.7 Å². The summed E-state index contributed by atoms with van der Waals surface area (Å²) in [5.41, 5.74) is 1.33. The van der Waals surface area contributed by atoms with Crippen LogP contribution in [-0.2, 0) is 26.0 Å². The zero-order valence-electron chi connectivity index (χ0n) is 18.1. The van der Waals surface area contributed by atoms with E-state index in [1.807, 2.05) is 19.0 Å². The Kier molecular flexibility index (Phi) is 7.15. The number of benzene rings is 1. The van der Waals surface area contributed by atoms with Crippen LogP contribution in [0.4, 0.5) is 5.69 Å². The fourth-order valence-corrected chi connectivity index (χ4v) is 5.71. The molecule has 166 valence electrons. The highest BCUT2D eigenvalue weighted by Gasteiger charge is 2.38. The number of likely N-dealkylation sites (N-methyl/N-ethyl adjacent to an activating group) is 1. The lowest BCUT2D eigenvalue weighted by Crippen LogP contribution is -2.48. The number of nitrogens with zero attached hydrogens (tertiary/aromatic N) is 3. The smallest absolute Gasteiger partial charge is 0.243 e. The molecule has 9 heteroatoms. The van der Waals surface area contributed by atoms with Gasteiger partial charge < -0.3 is 10.2 Å². The summed E-state index contributed by atoms with van der Waals surface area (Å²) < 4.78 is 27.8. The molecule has 2 aliphatic heterocycles. The topological polar surface area (TPSA) is 90.0 Å². The molecule has 1 atom stereocenters. The second-order valence-corrected chi connectivity index (χ2v) is 10.2. The highest BCUT2D eigenvalue weighted by Crippen LogP contribution is 2.35. The molecule has 1 fully saturated rings. The number of sulfonamides is 1. The van der Waals surface area contributed by atoms with Crippen LogP contribution < -0.4 is 10.2 Å². The first-order valence-corrected chi connectivity index (χ1v) is 12.0. The number of fused-ring (bicyclic) bond motifs is 1. The summed E-state index contributed by atoms with van der Waals surface area (Å²) in [7, 11) is 0.262. The van der Waals surface area contributed by atoms with Gasteiger partial charge in [0.15, 0.2) is 0 Å². The van der Waals surface area contributed by atoms with E-state index in [9.17, 15) is 18.0 Å². The Labute approximate surface area is 179 Å². The molecule has 0 aromatic heterocycles. The van der Waals surface area contributed by atoms with Crippen molar-refractivity contribution < 1.29 is 18.0 Å². The lowest BCUT2D eigenvalue weighted by Gasteiger charge is -2.24. The molecule has 2 amide bonds. The monoisotopic (exact) mass is 436 g/mol. The van der Waals surface area contributed by atoms with E-state index >= 15 is 0 Å². The Morgan fingerprint density at radius 1 is 1.13 bits per heavy atom. The minimum Gasteiger partial charge on any atom is -0.353 e. The average Bonchev–Trinajstić information content (AvgIpc) is 2.85. The maximum absolute atomic E-state index is 13.1. The van der Waals surface area contributed by atoms with Gasteiger partial charge in [0, 0.05) is 45.2 Å². The van der Waals surface area contributed by atoms with Gasteiger partial charge in [0.25, 0.3) is 0 Å². The van der Waals surface area contributed by atoms with Crippen LogP contribution in [-0.4, -0.2) is 75.8 Å². The second kappa shape index (κ2) is 9.45. The van der Waals surface area contributed by atoms with Gasteiger partial charge >= 0.3 is 0 Å². The zero-order chi connectivity index (χ0) is 21.9. The highest BCUT2D eigenvalue weighted by molar-refractivity contribution is 7.89. The first-order valence-electron chi connectivity index (χ1n) is 10.6. The summed E-state index contributed by atoms with van der Waals surface area (Å²) in [5, 5.41) is 2.88. The molecule has 0 aliphatic carbocycles. The Hall–Kier alpha value is -1.97. The molecule has 2 aliphatic rings. The first kappa shape index (κ1) is 22.7. The van der Waals surface area contributed by atoms with Gasteiger partial charge in [-0.05, 0) is 50.7 Å². The molecule has 1 aromatic carbocycles. The maximum Gasteiger partial charge on any atom is 0.243 e. The van der Waals surface area contributed by atoms with E-state index in [0.717, 1.165) is 25.7 Å². The van der Waals surface area contributed by atoms with E-state index in [1.165, 1.54) is 11.8 Å². The fraction of sp³-hybridized carbons (Fsp3) is 0.619. The fourth-order valence-electron chi connectivity index (χ4n) is 4.14. The lowest BCUT2D eigenvalue weighted by atomic mass is 10.1. The van der Waals surface area contributed by atoms with Gasteiger partial charge in [-0.1, -0.05) is 12.8 Å². The van der Waals surface area contributed by atoms with E-state index in [4.69, 9.17) is 0 Å². The number of hydrogen-bond donors (Lipinski definition) is 1. The lowest BCUT2D eigenvalue weighted by molar-refractivity contribution is -0.125. The highest BCUT2D eigenvalue weighted by atomic mass is 32.2. The normalized spacial score (nSPS) is 20.1. The summed E-state index contributed by atoms with van der Waals surface area (Å²) in [6.45, 7) is 3.69. The molecule has 8 nitrogen and oxygen atoms in total. The van der Waals surface area contributed by atoms with Crippen LogP contribution in [0.15, 0.2) is 23.1 Å². The minimum absolute atomic E-state index is 0.222. The number of amides is 2. The number of carbonyl (C=O) groups is 2. The molecule has 1 unspecified atom stereocenters.